The second-order valence-corrected chi connectivity index (χ2v) is 6.45. The fourth-order valence-electron chi connectivity index (χ4n) is 3.57. The standard InChI is InChI=1S/C18H28N4/c1-3-15(19)13-21-11-9-14(10-12-21)18-20-16-7-5-6-8-17(16)22(18)4-2/h5-8,14-15H,3-4,9-13,19H2,1-2H3. The summed E-state index contributed by atoms with van der Waals surface area (Å²) in [4.78, 5) is 7.45. The first kappa shape index (κ1) is 15.5. The number of para-hydroxylation sites is 2. The number of hydrogen-bond donors (Lipinski definition) is 1. The third-order valence-electron chi connectivity index (χ3n) is 4.97. The zero-order valence-electron chi connectivity index (χ0n) is 13.8. The number of hydrogen-bond acceptors (Lipinski definition) is 3. The molecule has 22 heavy (non-hydrogen) atoms. The van der Waals surface area contributed by atoms with Crippen LogP contribution in [0.15, 0.2) is 24.3 Å². The van der Waals surface area contributed by atoms with Crippen LogP contribution in [0.1, 0.15) is 44.9 Å². The van der Waals surface area contributed by atoms with Crippen LogP contribution in [0.4, 0.5) is 0 Å². The van der Waals surface area contributed by atoms with Crippen molar-refractivity contribution < 1.29 is 0 Å². The Bertz CT molecular complexity index is 611. The Balaban J connectivity index is 1.73. The molecule has 0 saturated carbocycles. The molecule has 1 saturated heterocycles. The Morgan fingerprint density at radius 1 is 1.23 bits per heavy atom. The van der Waals surface area contributed by atoms with Gasteiger partial charge in [0.15, 0.2) is 0 Å². The summed E-state index contributed by atoms with van der Waals surface area (Å²) in [5, 5.41) is 0. The predicted molar refractivity (Wildman–Crippen MR) is 92.1 cm³/mol. The molecule has 0 amide bonds. The monoisotopic (exact) mass is 300 g/mol. The van der Waals surface area contributed by atoms with Crippen molar-refractivity contribution in [3.05, 3.63) is 30.1 Å². The number of imidazole rings is 1. The summed E-state index contributed by atoms with van der Waals surface area (Å²) in [6, 6.07) is 8.81. The zero-order valence-corrected chi connectivity index (χ0v) is 13.8. The number of rotatable bonds is 5. The van der Waals surface area contributed by atoms with Gasteiger partial charge in [0.2, 0.25) is 0 Å². The normalized spacial score (nSPS) is 18.9. The van der Waals surface area contributed by atoms with Gasteiger partial charge in [-0.05, 0) is 51.4 Å². The molecular formula is C18H28N4. The van der Waals surface area contributed by atoms with E-state index in [1.807, 2.05) is 0 Å². The first-order chi connectivity index (χ1) is 10.7. The third-order valence-corrected chi connectivity index (χ3v) is 4.97. The van der Waals surface area contributed by atoms with Crippen LogP contribution in [-0.4, -0.2) is 40.1 Å². The number of fused-ring (bicyclic) bond motifs is 1. The van der Waals surface area contributed by atoms with Gasteiger partial charge < -0.3 is 15.2 Å². The topological polar surface area (TPSA) is 47.1 Å². The van der Waals surface area contributed by atoms with Gasteiger partial charge in [0.05, 0.1) is 11.0 Å². The van der Waals surface area contributed by atoms with Crippen LogP contribution in [-0.2, 0) is 6.54 Å². The smallest absolute Gasteiger partial charge is 0.113 e. The van der Waals surface area contributed by atoms with Crippen molar-refractivity contribution in [2.24, 2.45) is 5.73 Å². The Hall–Kier alpha value is -1.39. The van der Waals surface area contributed by atoms with Gasteiger partial charge in [-0.1, -0.05) is 19.1 Å². The molecule has 2 N–H and O–H groups in total. The van der Waals surface area contributed by atoms with Crippen molar-refractivity contribution in [2.45, 2.75) is 51.6 Å². The molecule has 1 aliphatic rings. The molecule has 0 aliphatic carbocycles. The maximum atomic E-state index is 6.09. The van der Waals surface area contributed by atoms with Gasteiger partial charge >= 0.3 is 0 Å². The third kappa shape index (κ3) is 3.03. The van der Waals surface area contributed by atoms with Crippen LogP contribution >= 0.6 is 0 Å². The highest BCUT2D eigenvalue weighted by molar-refractivity contribution is 5.76. The largest absolute Gasteiger partial charge is 0.328 e. The van der Waals surface area contributed by atoms with Gasteiger partial charge in [-0.3, -0.25) is 0 Å². The van der Waals surface area contributed by atoms with Crippen molar-refractivity contribution in [1.82, 2.24) is 14.5 Å². The van der Waals surface area contributed by atoms with E-state index in [1.165, 1.54) is 24.2 Å². The summed E-state index contributed by atoms with van der Waals surface area (Å²) in [6.07, 6.45) is 3.45. The maximum absolute atomic E-state index is 6.09. The van der Waals surface area contributed by atoms with Gasteiger partial charge in [0.1, 0.15) is 5.82 Å². The molecule has 1 atom stereocenters. The van der Waals surface area contributed by atoms with Crippen molar-refractivity contribution in [3.63, 3.8) is 0 Å². The number of aryl methyl sites for hydroxylation is 1. The molecule has 0 bridgehead atoms. The van der Waals surface area contributed by atoms with Crippen LogP contribution in [0.3, 0.4) is 0 Å². The lowest BCUT2D eigenvalue weighted by molar-refractivity contribution is 0.196. The molecule has 120 valence electrons. The highest BCUT2D eigenvalue weighted by atomic mass is 15.1. The lowest BCUT2D eigenvalue weighted by Gasteiger charge is -2.33. The van der Waals surface area contributed by atoms with Crippen molar-refractivity contribution in [1.29, 1.82) is 0 Å². The first-order valence-corrected chi connectivity index (χ1v) is 8.66. The van der Waals surface area contributed by atoms with Crippen LogP contribution in [0.2, 0.25) is 0 Å². The molecule has 1 fully saturated rings. The molecule has 4 heteroatoms. The van der Waals surface area contributed by atoms with Crippen LogP contribution in [0, 0.1) is 0 Å². The lowest BCUT2D eigenvalue weighted by atomic mass is 9.95. The van der Waals surface area contributed by atoms with Crippen molar-refractivity contribution in [2.75, 3.05) is 19.6 Å². The molecule has 1 aromatic heterocycles. The van der Waals surface area contributed by atoms with Gasteiger partial charge in [0.25, 0.3) is 0 Å². The van der Waals surface area contributed by atoms with Crippen LogP contribution in [0.5, 0.6) is 0 Å². The minimum atomic E-state index is 0.316. The molecule has 1 aromatic carbocycles. The summed E-state index contributed by atoms with van der Waals surface area (Å²) < 4.78 is 2.40. The van der Waals surface area contributed by atoms with Gasteiger partial charge in [-0.15, -0.1) is 0 Å². The Kier molecular flexibility index (Phi) is 4.79. The molecule has 1 aliphatic heterocycles. The highest BCUT2D eigenvalue weighted by Gasteiger charge is 2.25. The minimum absolute atomic E-state index is 0.316. The van der Waals surface area contributed by atoms with E-state index in [4.69, 9.17) is 10.7 Å². The quantitative estimate of drug-likeness (QED) is 0.923. The van der Waals surface area contributed by atoms with Crippen molar-refractivity contribution >= 4 is 11.0 Å². The number of nitrogens with two attached hydrogens (primary N) is 1. The molecule has 2 aromatic rings. The first-order valence-electron chi connectivity index (χ1n) is 8.66. The average molecular weight is 300 g/mol. The molecule has 3 rings (SSSR count). The summed E-state index contributed by atoms with van der Waals surface area (Å²) in [6.45, 7) is 8.70. The van der Waals surface area contributed by atoms with Gasteiger partial charge in [0, 0.05) is 25.0 Å². The molecule has 0 spiro atoms. The molecule has 0 radical (unpaired) electrons. The zero-order chi connectivity index (χ0) is 15.5. The number of aromatic nitrogens is 2. The van der Waals surface area contributed by atoms with E-state index in [1.54, 1.807) is 0 Å². The fourth-order valence-corrected chi connectivity index (χ4v) is 3.57. The Morgan fingerprint density at radius 2 is 1.95 bits per heavy atom. The number of piperidine rings is 1. The van der Waals surface area contributed by atoms with E-state index in [9.17, 15) is 0 Å². The number of benzene rings is 1. The van der Waals surface area contributed by atoms with E-state index >= 15 is 0 Å². The number of likely N-dealkylation sites (tertiary alicyclic amines) is 1. The van der Waals surface area contributed by atoms with Crippen molar-refractivity contribution in [3.8, 4) is 0 Å². The summed E-state index contributed by atoms with van der Waals surface area (Å²) >= 11 is 0. The van der Waals surface area contributed by atoms with Gasteiger partial charge in [-0.2, -0.15) is 0 Å². The summed E-state index contributed by atoms with van der Waals surface area (Å²) in [5.41, 5.74) is 8.50. The van der Waals surface area contributed by atoms with Gasteiger partial charge in [-0.25, -0.2) is 4.98 Å². The lowest BCUT2D eigenvalue weighted by Crippen LogP contribution is -2.41. The highest BCUT2D eigenvalue weighted by Crippen LogP contribution is 2.30. The van der Waals surface area contributed by atoms with E-state index in [-0.39, 0.29) is 0 Å². The Labute approximate surface area is 133 Å². The molecular weight excluding hydrogens is 272 g/mol. The maximum Gasteiger partial charge on any atom is 0.113 e. The van der Waals surface area contributed by atoms with E-state index in [0.29, 0.717) is 12.0 Å². The fraction of sp³-hybridized carbons (Fsp3) is 0.611. The SMILES string of the molecule is CCC(N)CN1CCC(c2nc3ccccc3n2CC)CC1. The van der Waals surface area contributed by atoms with E-state index in [0.717, 1.165) is 38.1 Å². The second kappa shape index (κ2) is 6.80. The summed E-state index contributed by atoms with van der Waals surface area (Å²) in [5.74, 6) is 1.87. The summed E-state index contributed by atoms with van der Waals surface area (Å²) in [7, 11) is 0. The molecule has 1 unspecified atom stereocenters. The minimum Gasteiger partial charge on any atom is -0.328 e. The Morgan fingerprint density at radius 3 is 2.64 bits per heavy atom. The second-order valence-electron chi connectivity index (χ2n) is 6.45. The predicted octanol–water partition coefficient (Wildman–Crippen LogP) is 2.97. The van der Waals surface area contributed by atoms with E-state index < -0.39 is 0 Å². The molecule has 4 nitrogen and oxygen atoms in total. The number of nitrogens with zero attached hydrogens (tertiary/aromatic N) is 3. The average Bonchev–Trinajstić information content (AvgIpc) is 2.94. The van der Waals surface area contributed by atoms with E-state index in [2.05, 4.69) is 47.6 Å². The molecule has 2 heterocycles. The van der Waals surface area contributed by atoms with Crippen LogP contribution in [0.25, 0.3) is 11.0 Å². The van der Waals surface area contributed by atoms with Crippen LogP contribution < -0.4 is 5.73 Å².